The highest BCUT2D eigenvalue weighted by Gasteiger charge is 2.77. The topological polar surface area (TPSA) is 187 Å². The van der Waals surface area contributed by atoms with E-state index in [0.29, 0.717) is 51.4 Å². The molecule has 66 heavy (non-hydrogen) atoms. The van der Waals surface area contributed by atoms with Gasteiger partial charge in [0, 0.05) is 63.9 Å². The number of hydrogen-bond acceptors (Lipinski definition) is 15. The van der Waals surface area contributed by atoms with Gasteiger partial charge < -0.3 is 62.7 Å². The van der Waals surface area contributed by atoms with E-state index in [0.717, 1.165) is 11.1 Å². The number of Topliss-reactive ketones (excluding diaryl/α,β-unsaturated/α-hetero) is 1. The predicted molar refractivity (Wildman–Crippen MR) is 239 cm³/mol. The number of methoxy groups -OCH3 is 3. The zero-order valence-corrected chi connectivity index (χ0v) is 40.2. The van der Waals surface area contributed by atoms with Crippen molar-refractivity contribution in [1.29, 1.82) is 0 Å². The summed E-state index contributed by atoms with van der Waals surface area (Å²) in [4.78, 5) is 26.8. The lowest BCUT2D eigenvalue weighted by Gasteiger charge is -2.66. The molecular formula is C51H74O15. The smallest absolute Gasteiger partial charge is 0.331 e. The molecule has 4 aliphatic carbocycles. The monoisotopic (exact) mass is 927 g/mol. The van der Waals surface area contributed by atoms with Crippen LogP contribution in [0.2, 0.25) is 0 Å². The summed E-state index contributed by atoms with van der Waals surface area (Å²) in [6.07, 6.45) is 2.69. The summed E-state index contributed by atoms with van der Waals surface area (Å²) in [7, 11) is 4.87. The van der Waals surface area contributed by atoms with E-state index < -0.39 is 108 Å². The number of benzene rings is 1. The van der Waals surface area contributed by atoms with Crippen LogP contribution in [-0.2, 0) is 57.0 Å². The van der Waals surface area contributed by atoms with Gasteiger partial charge in [-0.3, -0.25) is 4.79 Å². The quantitative estimate of drug-likeness (QED) is 0.126. The first kappa shape index (κ1) is 49.8. The maximum atomic E-state index is 13.5. The Bertz CT molecular complexity index is 1930. The molecule has 0 radical (unpaired) electrons. The number of ether oxygens (including phenoxy) is 10. The van der Waals surface area contributed by atoms with Crippen molar-refractivity contribution >= 4 is 17.8 Å². The van der Waals surface area contributed by atoms with Crippen molar-refractivity contribution in [2.24, 2.45) is 22.7 Å². The van der Waals surface area contributed by atoms with Crippen molar-refractivity contribution in [3.63, 3.8) is 0 Å². The van der Waals surface area contributed by atoms with Crippen molar-refractivity contribution in [1.82, 2.24) is 0 Å². The van der Waals surface area contributed by atoms with Crippen molar-refractivity contribution < 1.29 is 72.3 Å². The van der Waals surface area contributed by atoms with Gasteiger partial charge in [-0.05, 0) is 89.7 Å². The molecule has 8 rings (SSSR count). The number of rotatable bonds is 13. The van der Waals surface area contributed by atoms with Crippen molar-refractivity contribution in [2.45, 2.75) is 203 Å². The average Bonchev–Trinajstić information content (AvgIpc) is 3.59. The van der Waals surface area contributed by atoms with Crippen molar-refractivity contribution in [3.8, 4) is 0 Å². The molecule has 1 aromatic rings. The number of aliphatic hydroxyl groups is 3. The second-order valence-electron chi connectivity index (χ2n) is 20.6. The first-order valence-electron chi connectivity index (χ1n) is 24.2. The number of ketones is 1. The van der Waals surface area contributed by atoms with E-state index in [9.17, 15) is 24.9 Å². The molecule has 0 spiro atoms. The third-order valence-corrected chi connectivity index (χ3v) is 17.1. The molecule has 0 aromatic heterocycles. The van der Waals surface area contributed by atoms with Crippen LogP contribution in [0.1, 0.15) is 111 Å². The highest BCUT2D eigenvalue weighted by atomic mass is 16.7. The lowest BCUT2D eigenvalue weighted by atomic mass is 9.43. The molecular weight excluding hydrogens is 853 g/mol. The second kappa shape index (κ2) is 19.6. The Morgan fingerprint density at radius 1 is 0.758 bits per heavy atom. The Hall–Kier alpha value is -2.64. The number of esters is 1. The van der Waals surface area contributed by atoms with Crippen LogP contribution < -0.4 is 0 Å². The molecule has 0 amide bonds. The first-order valence-corrected chi connectivity index (χ1v) is 24.2. The minimum atomic E-state index is -1.67. The summed E-state index contributed by atoms with van der Waals surface area (Å²) in [6.45, 7) is 11.2. The van der Waals surface area contributed by atoms with E-state index in [1.165, 1.54) is 13.0 Å². The average molecular weight is 927 g/mol. The van der Waals surface area contributed by atoms with E-state index >= 15 is 0 Å². The van der Waals surface area contributed by atoms with Gasteiger partial charge in [0.15, 0.2) is 18.9 Å². The van der Waals surface area contributed by atoms with E-state index in [1.54, 1.807) is 34.3 Å². The highest BCUT2D eigenvalue weighted by molar-refractivity contribution is 5.87. The fourth-order valence-electron chi connectivity index (χ4n) is 13.4. The van der Waals surface area contributed by atoms with Gasteiger partial charge in [0.25, 0.3) is 0 Å². The molecule has 15 heteroatoms. The van der Waals surface area contributed by atoms with Crippen LogP contribution in [0.5, 0.6) is 0 Å². The normalized spacial score (nSPS) is 47.1. The number of carbonyl (C=O) groups excluding carboxylic acids is 2. The van der Waals surface area contributed by atoms with Gasteiger partial charge in [0.05, 0.1) is 42.7 Å². The van der Waals surface area contributed by atoms with Gasteiger partial charge in [-0.25, -0.2) is 4.79 Å². The summed E-state index contributed by atoms with van der Waals surface area (Å²) in [5.74, 6) is -1.66. The van der Waals surface area contributed by atoms with Gasteiger partial charge in [-0.2, -0.15) is 0 Å². The van der Waals surface area contributed by atoms with E-state index in [4.69, 9.17) is 47.4 Å². The molecule has 368 valence electrons. The van der Waals surface area contributed by atoms with E-state index in [2.05, 4.69) is 13.0 Å². The molecule has 0 bridgehead atoms. The van der Waals surface area contributed by atoms with Gasteiger partial charge in [0.2, 0.25) is 0 Å². The molecule has 20 atom stereocenters. The molecule has 7 aliphatic rings. The third kappa shape index (κ3) is 8.91. The Labute approximate surface area is 389 Å². The molecule has 1 aromatic carbocycles. The number of aliphatic hydroxyl groups excluding tert-OH is 1. The molecule has 3 saturated heterocycles. The predicted octanol–water partition coefficient (Wildman–Crippen LogP) is 5.59. The Kier molecular flexibility index (Phi) is 14.8. The zero-order chi connectivity index (χ0) is 47.3. The first-order chi connectivity index (χ1) is 31.4. The summed E-state index contributed by atoms with van der Waals surface area (Å²) in [6, 6.07) is 9.47. The third-order valence-electron chi connectivity index (χ3n) is 17.1. The Morgan fingerprint density at radius 3 is 1.92 bits per heavy atom. The largest absolute Gasteiger partial charge is 0.458 e. The Balaban J connectivity index is 0.911. The molecule has 15 nitrogen and oxygen atoms in total. The summed E-state index contributed by atoms with van der Waals surface area (Å²) in [5, 5.41) is 36.3. The van der Waals surface area contributed by atoms with E-state index in [-0.39, 0.29) is 36.9 Å². The van der Waals surface area contributed by atoms with Crippen LogP contribution >= 0.6 is 0 Å². The van der Waals surface area contributed by atoms with Crippen LogP contribution in [0.4, 0.5) is 0 Å². The Morgan fingerprint density at radius 2 is 1.33 bits per heavy atom. The van der Waals surface area contributed by atoms with Crippen LogP contribution in [0.25, 0.3) is 6.08 Å². The fraction of sp³-hybridized carbons (Fsp3) is 0.765. The van der Waals surface area contributed by atoms with Gasteiger partial charge in [-0.15, -0.1) is 0 Å². The summed E-state index contributed by atoms with van der Waals surface area (Å²) in [5.41, 5.74) is -2.95. The molecule has 0 unspecified atom stereocenters. The molecule has 3 N–H and O–H groups in total. The number of hydrogen-bond donors (Lipinski definition) is 3. The number of fused-ring (bicyclic) bond motifs is 5. The second-order valence-corrected chi connectivity index (χ2v) is 20.6. The van der Waals surface area contributed by atoms with Gasteiger partial charge >= 0.3 is 5.97 Å². The molecule has 6 fully saturated rings. The van der Waals surface area contributed by atoms with Crippen molar-refractivity contribution in [3.05, 3.63) is 53.6 Å². The zero-order valence-electron chi connectivity index (χ0n) is 40.2. The number of carbonyl (C=O) groups is 2. The minimum absolute atomic E-state index is 0.0827. The van der Waals surface area contributed by atoms with Crippen LogP contribution in [-0.4, -0.2) is 146 Å². The van der Waals surface area contributed by atoms with Crippen molar-refractivity contribution in [2.75, 3.05) is 21.3 Å². The molecule has 3 aliphatic heterocycles. The maximum Gasteiger partial charge on any atom is 0.331 e. The lowest BCUT2D eigenvalue weighted by molar-refractivity contribution is -0.338. The van der Waals surface area contributed by atoms with Crippen LogP contribution in [0, 0.1) is 22.7 Å². The van der Waals surface area contributed by atoms with Gasteiger partial charge in [-0.1, -0.05) is 55.8 Å². The van der Waals surface area contributed by atoms with Gasteiger partial charge in [0.1, 0.15) is 41.4 Å². The molecule has 3 heterocycles. The standard InChI is InChI=1S/C51H74O15/c1-28(52)35-19-22-51(56)49(35,6)40(64-41(53)16-15-32-13-11-10-12-14-32)27-39-48(5)20-18-34(23-33(48)17-21-50(39,51)55)63-42-25-37(58-8)46(30(3)61-42)66-44-26-38(59-9)47(31(4)62-44)65-43-24-36(57-7)45(54)29(2)60-43/h10-17,29-31,34-40,42-47,54-56H,18-27H2,1-9H3/t29-,30-,31-,34+,35+,36-,37+,38+,39-,40-,42+,43+,44+,45-,46-,47-,48+,49+,50+,51-/m1/s1. The maximum absolute atomic E-state index is 13.5. The van der Waals surface area contributed by atoms with Crippen LogP contribution in [0.3, 0.4) is 0 Å². The lowest BCUT2D eigenvalue weighted by Crippen LogP contribution is -2.75. The summed E-state index contributed by atoms with van der Waals surface area (Å²) >= 11 is 0. The SMILES string of the molecule is CO[C@H]1C[C@H](O[C@H]2CC[C@@]3(C)C(=CC[C@]4(O)[C@@H]3C[C@@H](OC(=O)C=Cc3ccccc3)[C@]3(C)[C@H](C(C)=O)CC[C@@]34O)C2)O[C@H](C)[C@H]1O[C@H]1C[C@H](OC)[C@H](O[C@H]2C[C@@H](OC)[C@H](O)[C@@H](C)O2)[C@@H](C)O1. The highest BCUT2D eigenvalue weighted by Crippen LogP contribution is 2.70. The summed E-state index contributed by atoms with van der Waals surface area (Å²) < 4.78 is 62.3. The van der Waals surface area contributed by atoms with E-state index in [1.807, 2.05) is 51.1 Å². The molecule has 3 saturated carbocycles. The minimum Gasteiger partial charge on any atom is -0.458 e. The fourth-order valence-corrected chi connectivity index (χ4v) is 13.4. The van der Waals surface area contributed by atoms with Crippen LogP contribution in [0.15, 0.2) is 48.1 Å².